The van der Waals surface area contributed by atoms with Crippen LogP contribution < -0.4 is 4.90 Å². The summed E-state index contributed by atoms with van der Waals surface area (Å²) in [7, 11) is 0. The molecule has 12 aromatic rings. The van der Waals surface area contributed by atoms with Gasteiger partial charge in [-0.25, -0.2) is 0 Å². The Bertz CT molecular complexity index is 3690. The van der Waals surface area contributed by atoms with Crippen LogP contribution in [0.4, 0.5) is 17.1 Å². The second-order valence-electron chi connectivity index (χ2n) is 16.2. The molecule has 0 bridgehead atoms. The second kappa shape index (κ2) is 12.6. The van der Waals surface area contributed by atoms with Crippen molar-refractivity contribution in [3.63, 3.8) is 0 Å². The molecule has 60 heavy (non-hydrogen) atoms. The molecule has 0 unspecified atom stereocenters. The van der Waals surface area contributed by atoms with Gasteiger partial charge in [-0.1, -0.05) is 109 Å². The molecular weight excluding hydrogens is 729 g/mol. The van der Waals surface area contributed by atoms with E-state index in [0.29, 0.717) is 0 Å². The zero-order chi connectivity index (χ0) is 39.5. The average Bonchev–Trinajstić information content (AvgIpc) is 3.84. The summed E-state index contributed by atoms with van der Waals surface area (Å²) in [6, 6.07) is 73.1. The number of aryl methyl sites for hydroxylation is 1. The molecule has 0 spiro atoms. The van der Waals surface area contributed by atoms with E-state index in [9.17, 15) is 0 Å². The first-order chi connectivity index (χ1) is 29.6. The van der Waals surface area contributed by atoms with Gasteiger partial charge in [-0.15, -0.1) is 0 Å². The normalized spacial score (nSPS) is 12.1. The molecule has 0 radical (unpaired) electrons. The van der Waals surface area contributed by atoms with E-state index in [-0.39, 0.29) is 0 Å². The Kier molecular flexibility index (Phi) is 6.93. The third-order valence-electron chi connectivity index (χ3n) is 12.8. The van der Waals surface area contributed by atoms with Crippen LogP contribution >= 0.6 is 0 Å². The number of furan rings is 1. The minimum atomic E-state index is 0.878. The third-order valence-corrected chi connectivity index (χ3v) is 12.8. The van der Waals surface area contributed by atoms with Gasteiger partial charge in [0.2, 0.25) is 0 Å². The molecule has 2 aromatic heterocycles. The van der Waals surface area contributed by atoms with Crippen LogP contribution in [0.2, 0.25) is 0 Å². The molecule has 2 heterocycles. The number of para-hydroxylation sites is 3. The van der Waals surface area contributed by atoms with Crippen molar-refractivity contribution in [1.29, 1.82) is 0 Å². The summed E-state index contributed by atoms with van der Waals surface area (Å²) >= 11 is 0. The molecule has 0 atom stereocenters. The van der Waals surface area contributed by atoms with Crippen molar-refractivity contribution in [2.45, 2.75) is 6.92 Å². The van der Waals surface area contributed by atoms with E-state index in [1.807, 2.05) is 12.1 Å². The lowest BCUT2D eigenvalue weighted by molar-refractivity contribution is 0.669. The number of hydrogen-bond acceptors (Lipinski definition) is 2. The fourth-order valence-corrected chi connectivity index (χ4v) is 9.82. The zero-order valence-corrected chi connectivity index (χ0v) is 32.9. The number of rotatable bonds is 5. The minimum absolute atomic E-state index is 0.878. The highest BCUT2D eigenvalue weighted by Crippen LogP contribution is 2.51. The van der Waals surface area contributed by atoms with Crippen LogP contribution in [0.3, 0.4) is 0 Å². The summed E-state index contributed by atoms with van der Waals surface area (Å²) < 4.78 is 8.85. The van der Waals surface area contributed by atoms with Gasteiger partial charge >= 0.3 is 0 Å². The first kappa shape index (κ1) is 33.1. The standard InChI is InChI=1S/C57H36N2O/c1-35-19-20-39(36-11-3-2-4-12-36)33-55(35)58(44-25-26-48-47-15-7-10-18-56(47)60-57(48)34-44)42-23-21-37-29-49-50-30-38-22-24-43(28-41(38)32-52(50)51(49)31-40(37)27-42)59-53-16-8-5-13-45(53)46-14-6-9-17-54(46)59/h2-34H,1H3. The fraction of sp³-hybridized carbons (Fsp3) is 0.0175. The lowest BCUT2D eigenvalue weighted by Gasteiger charge is -2.29. The summed E-state index contributed by atoms with van der Waals surface area (Å²) in [5.74, 6) is 0. The van der Waals surface area contributed by atoms with Gasteiger partial charge in [-0.2, -0.15) is 0 Å². The molecule has 13 rings (SSSR count). The van der Waals surface area contributed by atoms with Gasteiger partial charge in [0.15, 0.2) is 0 Å². The van der Waals surface area contributed by atoms with Gasteiger partial charge < -0.3 is 13.9 Å². The molecule has 1 aliphatic rings. The van der Waals surface area contributed by atoms with E-state index < -0.39 is 0 Å². The van der Waals surface area contributed by atoms with E-state index in [1.165, 1.54) is 88.0 Å². The van der Waals surface area contributed by atoms with E-state index in [4.69, 9.17) is 4.42 Å². The van der Waals surface area contributed by atoms with E-state index in [0.717, 1.165) is 39.0 Å². The summed E-state index contributed by atoms with van der Waals surface area (Å²) in [5.41, 5.74) is 17.5. The van der Waals surface area contributed by atoms with Crippen LogP contribution in [0.5, 0.6) is 0 Å². The topological polar surface area (TPSA) is 21.3 Å². The van der Waals surface area contributed by atoms with Crippen LogP contribution in [0.1, 0.15) is 5.56 Å². The number of anilines is 3. The van der Waals surface area contributed by atoms with Crippen LogP contribution in [-0.2, 0) is 0 Å². The molecule has 0 N–H and O–H groups in total. The second-order valence-corrected chi connectivity index (χ2v) is 16.2. The largest absolute Gasteiger partial charge is 0.456 e. The monoisotopic (exact) mass is 764 g/mol. The highest BCUT2D eigenvalue weighted by Gasteiger charge is 2.25. The Balaban J connectivity index is 0.946. The van der Waals surface area contributed by atoms with E-state index in [1.54, 1.807) is 0 Å². The summed E-state index contributed by atoms with van der Waals surface area (Å²) in [4.78, 5) is 2.39. The van der Waals surface area contributed by atoms with Crippen molar-refractivity contribution in [2.24, 2.45) is 0 Å². The lowest BCUT2D eigenvalue weighted by atomic mass is 9.78. The number of hydrogen-bond donors (Lipinski definition) is 0. The average molecular weight is 765 g/mol. The molecule has 280 valence electrons. The highest BCUT2D eigenvalue weighted by atomic mass is 16.3. The Morgan fingerprint density at radius 2 is 0.950 bits per heavy atom. The molecule has 0 amide bonds. The molecular formula is C57H36N2O. The first-order valence-electron chi connectivity index (χ1n) is 20.7. The maximum absolute atomic E-state index is 6.45. The predicted octanol–water partition coefficient (Wildman–Crippen LogP) is 16.1. The van der Waals surface area contributed by atoms with Crippen molar-refractivity contribution >= 4 is 82.4 Å². The fourth-order valence-electron chi connectivity index (χ4n) is 9.82. The summed E-state index contributed by atoms with van der Waals surface area (Å²) in [6.07, 6.45) is 0. The highest BCUT2D eigenvalue weighted by molar-refractivity contribution is 6.13. The molecule has 1 aliphatic carbocycles. The Hall–Kier alpha value is -7.88. The first-order valence-corrected chi connectivity index (χ1v) is 20.7. The number of benzene rings is 10. The van der Waals surface area contributed by atoms with Crippen LogP contribution in [0, 0.1) is 6.92 Å². The third kappa shape index (κ3) is 4.90. The number of aromatic nitrogens is 1. The molecule has 3 heteroatoms. The van der Waals surface area contributed by atoms with Gasteiger partial charge in [0.25, 0.3) is 0 Å². The Morgan fingerprint density at radius 1 is 0.383 bits per heavy atom. The maximum Gasteiger partial charge on any atom is 0.137 e. The predicted molar refractivity (Wildman–Crippen MR) is 252 cm³/mol. The maximum atomic E-state index is 6.45. The van der Waals surface area contributed by atoms with E-state index >= 15 is 0 Å². The van der Waals surface area contributed by atoms with Crippen molar-refractivity contribution in [3.05, 3.63) is 206 Å². The number of nitrogens with zero attached hydrogens (tertiary/aromatic N) is 2. The van der Waals surface area contributed by atoms with Crippen LogP contribution in [-0.4, -0.2) is 4.57 Å². The van der Waals surface area contributed by atoms with Crippen molar-refractivity contribution in [1.82, 2.24) is 4.57 Å². The van der Waals surface area contributed by atoms with Gasteiger partial charge in [0.1, 0.15) is 11.2 Å². The Morgan fingerprint density at radius 3 is 1.68 bits per heavy atom. The quantitative estimate of drug-likeness (QED) is 0.174. The van der Waals surface area contributed by atoms with Gasteiger partial charge in [0.05, 0.1) is 11.0 Å². The van der Waals surface area contributed by atoms with Gasteiger partial charge in [-0.3, -0.25) is 0 Å². The van der Waals surface area contributed by atoms with Crippen LogP contribution in [0.15, 0.2) is 205 Å². The minimum Gasteiger partial charge on any atom is -0.456 e. The molecule has 3 nitrogen and oxygen atoms in total. The van der Waals surface area contributed by atoms with E-state index in [2.05, 4.69) is 204 Å². The van der Waals surface area contributed by atoms with Crippen molar-refractivity contribution in [3.8, 4) is 39.1 Å². The summed E-state index contributed by atoms with van der Waals surface area (Å²) in [5, 5.41) is 9.74. The van der Waals surface area contributed by atoms with Crippen molar-refractivity contribution in [2.75, 3.05) is 4.90 Å². The molecule has 0 aliphatic heterocycles. The Labute approximate surface area is 346 Å². The molecule has 0 saturated heterocycles. The van der Waals surface area contributed by atoms with Gasteiger partial charge in [0, 0.05) is 50.4 Å². The summed E-state index contributed by atoms with van der Waals surface area (Å²) in [6.45, 7) is 2.20. The SMILES string of the molecule is Cc1ccc(-c2ccccc2)cc1N(c1ccc2cc3c(cc2c1)-c1cc2cc(-n4c5ccccc5c5ccccc54)ccc2cc1-3)c1ccc2c(c1)oc1ccccc12. The molecule has 0 saturated carbocycles. The van der Waals surface area contributed by atoms with Gasteiger partial charge in [-0.05, 0) is 152 Å². The molecule has 0 fully saturated rings. The number of fused-ring (bicyclic) bond motifs is 12. The zero-order valence-electron chi connectivity index (χ0n) is 32.9. The van der Waals surface area contributed by atoms with Crippen LogP contribution in [0.25, 0.3) is 104 Å². The molecule has 10 aromatic carbocycles. The van der Waals surface area contributed by atoms with Crippen molar-refractivity contribution < 1.29 is 4.42 Å². The lowest BCUT2D eigenvalue weighted by Crippen LogP contribution is -2.11. The smallest absolute Gasteiger partial charge is 0.137 e.